The number of benzene rings is 4. The molecule has 0 fully saturated rings. The smallest absolute Gasteiger partial charge is 0.00896 e. The largest absolute Gasteiger partial charge is 0.0622 e. The van der Waals surface area contributed by atoms with Crippen molar-refractivity contribution in [3.63, 3.8) is 0 Å². The van der Waals surface area contributed by atoms with E-state index in [1.165, 1.54) is 22.3 Å². The molecule has 0 radical (unpaired) electrons. The van der Waals surface area contributed by atoms with Gasteiger partial charge in [0.05, 0.1) is 0 Å². The van der Waals surface area contributed by atoms with Crippen molar-refractivity contribution < 1.29 is 0 Å². The van der Waals surface area contributed by atoms with Crippen LogP contribution in [0.3, 0.4) is 0 Å². The first-order valence-corrected chi connectivity index (χ1v) is 10.1. The molecule has 0 saturated carbocycles. The van der Waals surface area contributed by atoms with Gasteiger partial charge in [0.15, 0.2) is 0 Å². The third-order valence-electron chi connectivity index (χ3n) is 5.55. The van der Waals surface area contributed by atoms with Gasteiger partial charge in [-0.2, -0.15) is 0 Å². The molecule has 4 aromatic rings. The fourth-order valence-electron chi connectivity index (χ4n) is 4.13. The molecule has 0 atom stereocenters. The van der Waals surface area contributed by atoms with Gasteiger partial charge in [0.25, 0.3) is 0 Å². The van der Waals surface area contributed by atoms with Gasteiger partial charge in [0.2, 0.25) is 0 Å². The number of hydrogen-bond acceptors (Lipinski definition) is 0. The molecule has 0 saturated heterocycles. The maximum Gasteiger partial charge on any atom is 0.00896 e. The van der Waals surface area contributed by atoms with Gasteiger partial charge in [-0.25, -0.2) is 0 Å². The third-order valence-corrected chi connectivity index (χ3v) is 5.55. The van der Waals surface area contributed by atoms with Crippen molar-refractivity contribution in [3.05, 3.63) is 144 Å². The Labute approximate surface area is 205 Å². The zero-order valence-electron chi connectivity index (χ0n) is 16.1. The zero-order chi connectivity index (χ0) is 19.0. The minimum absolute atomic E-state index is 0. The Morgan fingerprint density at radius 3 is 0.733 bits per heavy atom. The first-order valence-electron chi connectivity index (χ1n) is 10.1. The monoisotopic (exact) mass is 378 g/mol. The number of hydrogen-bond donors (Lipinski definition) is 0. The van der Waals surface area contributed by atoms with Crippen LogP contribution in [-0.2, 0) is 0 Å². The van der Waals surface area contributed by atoms with Crippen LogP contribution in [0.15, 0.2) is 121 Å². The molecule has 0 aliphatic carbocycles. The van der Waals surface area contributed by atoms with Gasteiger partial charge >= 0.3 is 37.7 Å². The summed E-state index contributed by atoms with van der Waals surface area (Å²) in [5.74, 6) is 0.828. The second kappa shape index (κ2) is 12.7. The molecular formula is C28H28Li2. The van der Waals surface area contributed by atoms with E-state index in [4.69, 9.17) is 0 Å². The molecule has 4 rings (SSSR count). The van der Waals surface area contributed by atoms with E-state index in [-0.39, 0.29) is 37.7 Å². The summed E-state index contributed by atoms with van der Waals surface area (Å²) < 4.78 is 0. The Bertz CT molecular complexity index is 792. The van der Waals surface area contributed by atoms with E-state index in [2.05, 4.69) is 121 Å². The third kappa shape index (κ3) is 6.28. The van der Waals surface area contributed by atoms with Gasteiger partial charge in [0.1, 0.15) is 0 Å². The Hall–Kier alpha value is -1.93. The van der Waals surface area contributed by atoms with Crippen LogP contribution in [0.25, 0.3) is 0 Å². The summed E-state index contributed by atoms with van der Waals surface area (Å²) in [6.45, 7) is 0. The van der Waals surface area contributed by atoms with Crippen molar-refractivity contribution in [2.45, 2.75) is 24.7 Å². The average molecular weight is 378 g/mol. The van der Waals surface area contributed by atoms with Gasteiger partial charge in [-0.1, -0.05) is 121 Å². The molecule has 0 N–H and O–H groups in total. The molecule has 0 unspecified atom stereocenters. The second-order valence-electron chi connectivity index (χ2n) is 7.33. The van der Waals surface area contributed by atoms with E-state index in [9.17, 15) is 0 Å². The molecule has 142 valence electrons. The summed E-state index contributed by atoms with van der Waals surface area (Å²) >= 11 is 0. The van der Waals surface area contributed by atoms with Crippen molar-refractivity contribution >= 4 is 37.7 Å². The van der Waals surface area contributed by atoms with Crippen LogP contribution in [0.2, 0.25) is 0 Å². The molecule has 4 aromatic carbocycles. The molecule has 2 heteroatoms. The summed E-state index contributed by atoms with van der Waals surface area (Å²) in [7, 11) is 0. The molecule has 0 aliphatic heterocycles. The second-order valence-corrected chi connectivity index (χ2v) is 7.33. The predicted octanol–water partition coefficient (Wildman–Crippen LogP) is 6.13. The van der Waals surface area contributed by atoms with Crippen molar-refractivity contribution in [2.75, 3.05) is 0 Å². The average Bonchev–Trinajstić information content (AvgIpc) is 2.79. The fraction of sp³-hybridized carbons (Fsp3) is 0.143. The van der Waals surface area contributed by atoms with Gasteiger partial charge in [-0.3, -0.25) is 0 Å². The Balaban J connectivity index is 0.00000160. The molecule has 30 heavy (non-hydrogen) atoms. The summed E-state index contributed by atoms with van der Waals surface area (Å²) in [5.41, 5.74) is 5.59. The molecule has 0 nitrogen and oxygen atoms in total. The van der Waals surface area contributed by atoms with E-state index in [0.29, 0.717) is 11.8 Å². The SMILES string of the molecule is [LiH].[LiH].c1ccc(C(CCC(c2ccccc2)c2ccccc2)c2ccccc2)cc1. The van der Waals surface area contributed by atoms with Crippen LogP contribution in [0.5, 0.6) is 0 Å². The van der Waals surface area contributed by atoms with Gasteiger partial charge in [0, 0.05) is 11.8 Å². The standard InChI is InChI=1S/C28H26.2Li.2H/c1-5-13-23(14-6-1)27(24-15-7-2-8-16-24)21-22-28(25-17-9-3-10-18-25)26-19-11-4-12-20-26;;;;/h1-20,27-28H,21-22H2;;;;. The Morgan fingerprint density at radius 2 is 0.533 bits per heavy atom. The quantitative estimate of drug-likeness (QED) is 0.339. The van der Waals surface area contributed by atoms with E-state index in [0.717, 1.165) is 12.8 Å². The predicted molar refractivity (Wildman–Crippen MR) is 133 cm³/mol. The minimum Gasteiger partial charge on any atom is -0.0622 e. The molecule has 0 aliphatic rings. The minimum atomic E-state index is 0. The van der Waals surface area contributed by atoms with Crippen molar-refractivity contribution in [2.24, 2.45) is 0 Å². The molecule has 0 spiro atoms. The van der Waals surface area contributed by atoms with Gasteiger partial charge < -0.3 is 0 Å². The summed E-state index contributed by atoms with van der Waals surface area (Å²) in [4.78, 5) is 0. The van der Waals surface area contributed by atoms with Gasteiger partial charge in [-0.05, 0) is 35.1 Å². The Morgan fingerprint density at radius 1 is 0.333 bits per heavy atom. The zero-order valence-corrected chi connectivity index (χ0v) is 16.1. The Kier molecular flexibility index (Phi) is 10.3. The fourth-order valence-corrected chi connectivity index (χ4v) is 4.13. The summed E-state index contributed by atoms with van der Waals surface area (Å²) in [6, 6.07) is 43.7. The van der Waals surface area contributed by atoms with Crippen LogP contribution in [0.1, 0.15) is 46.9 Å². The van der Waals surface area contributed by atoms with E-state index < -0.39 is 0 Å². The van der Waals surface area contributed by atoms with Crippen LogP contribution < -0.4 is 0 Å². The maximum atomic E-state index is 2.26. The van der Waals surface area contributed by atoms with Crippen LogP contribution in [-0.4, -0.2) is 37.7 Å². The summed E-state index contributed by atoms with van der Waals surface area (Å²) in [6.07, 6.45) is 2.23. The molecule has 0 amide bonds. The van der Waals surface area contributed by atoms with Crippen LogP contribution in [0.4, 0.5) is 0 Å². The first kappa shape index (κ1) is 24.3. The first-order chi connectivity index (χ1) is 13.9. The summed E-state index contributed by atoms with van der Waals surface area (Å²) in [5, 5.41) is 0. The van der Waals surface area contributed by atoms with Crippen molar-refractivity contribution in [1.82, 2.24) is 0 Å². The van der Waals surface area contributed by atoms with Crippen LogP contribution in [0, 0.1) is 0 Å². The molecular weight excluding hydrogens is 350 g/mol. The normalized spacial score (nSPS) is 10.3. The van der Waals surface area contributed by atoms with Crippen molar-refractivity contribution in [1.29, 1.82) is 0 Å². The van der Waals surface area contributed by atoms with E-state index in [1.807, 2.05) is 0 Å². The van der Waals surface area contributed by atoms with Gasteiger partial charge in [-0.15, -0.1) is 0 Å². The topological polar surface area (TPSA) is 0 Å². The maximum absolute atomic E-state index is 2.26. The molecule has 0 aromatic heterocycles. The van der Waals surface area contributed by atoms with Crippen molar-refractivity contribution in [3.8, 4) is 0 Å². The van der Waals surface area contributed by atoms with E-state index in [1.54, 1.807) is 0 Å². The molecule has 0 bridgehead atoms. The van der Waals surface area contributed by atoms with E-state index >= 15 is 0 Å². The van der Waals surface area contributed by atoms with Crippen LogP contribution >= 0.6 is 0 Å². The number of rotatable bonds is 7. The molecule has 0 heterocycles.